The summed E-state index contributed by atoms with van der Waals surface area (Å²) >= 11 is 6.19. The van der Waals surface area contributed by atoms with Crippen molar-refractivity contribution in [3.05, 3.63) is 41.7 Å². The Bertz CT molecular complexity index is 884. The third-order valence-electron chi connectivity index (χ3n) is 2.89. The largest absolute Gasteiger partial charge is 0.364 e. The van der Waals surface area contributed by atoms with Gasteiger partial charge in [0, 0.05) is 16.8 Å². The SMILES string of the molecule is Clc1nn2c(-c3ccon3)nnc2c2ccccc12. The number of hydrogen-bond donors (Lipinski definition) is 0. The van der Waals surface area contributed by atoms with Crippen molar-refractivity contribution in [2.45, 2.75) is 0 Å². The predicted molar refractivity (Wildman–Crippen MR) is 68.8 cm³/mol. The molecule has 19 heavy (non-hydrogen) atoms. The van der Waals surface area contributed by atoms with E-state index in [2.05, 4.69) is 20.5 Å². The van der Waals surface area contributed by atoms with E-state index in [1.807, 2.05) is 24.3 Å². The number of aromatic nitrogens is 5. The minimum absolute atomic E-state index is 0.396. The van der Waals surface area contributed by atoms with Crippen LogP contribution < -0.4 is 0 Å². The maximum absolute atomic E-state index is 6.19. The van der Waals surface area contributed by atoms with Crippen LogP contribution in [-0.4, -0.2) is 25.0 Å². The second kappa shape index (κ2) is 3.76. The Kier molecular flexibility index (Phi) is 2.07. The van der Waals surface area contributed by atoms with Crippen LogP contribution in [-0.2, 0) is 0 Å². The van der Waals surface area contributed by atoms with E-state index in [-0.39, 0.29) is 0 Å². The molecule has 0 aliphatic rings. The molecule has 3 heterocycles. The summed E-state index contributed by atoms with van der Waals surface area (Å²) in [5, 5.41) is 18.5. The van der Waals surface area contributed by atoms with Gasteiger partial charge in [-0.1, -0.05) is 41.0 Å². The number of rotatable bonds is 1. The molecule has 0 aliphatic carbocycles. The minimum Gasteiger partial charge on any atom is -0.364 e. The van der Waals surface area contributed by atoms with E-state index in [4.69, 9.17) is 16.1 Å². The highest BCUT2D eigenvalue weighted by atomic mass is 35.5. The second-order valence-electron chi connectivity index (χ2n) is 3.98. The molecular weight excluding hydrogens is 266 g/mol. The Morgan fingerprint density at radius 2 is 1.89 bits per heavy atom. The van der Waals surface area contributed by atoms with Gasteiger partial charge in [-0.3, -0.25) is 0 Å². The van der Waals surface area contributed by atoms with Crippen LogP contribution in [0.25, 0.3) is 27.9 Å². The Morgan fingerprint density at radius 3 is 2.68 bits per heavy atom. The van der Waals surface area contributed by atoms with Crippen molar-refractivity contribution < 1.29 is 4.52 Å². The number of hydrogen-bond acceptors (Lipinski definition) is 5. The summed E-state index contributed by atoms with van der Waals surface area (Å²) in [4.78, 5) is 0. The smallest absolute Gasteiger partial charge is 0.207 e. The average Bonchev–Trinajstić information content (AvgIpc) is 3.07. The maximum atomic E-state index is 6.19. The van der Waals surface area contributed by atoms with Crippen LogP contribution in [0.1, 0.15) is 0 Å². The third-order valence-corrected chi connectivity index (χ3v) is 3.16. The number of nitrogens with zero attached hydrogens (tertiary/aromatic N) is 5. The van der Waals surface area contributed by atoms with Gasteiger partial charge in [-0.2, -0.15) is 9.61 Å². The molecule has 0 amide bonds. The first-order valence-corrected chi connectivity index (χ1v) is 5.93. The highest BCUT2D eigenvalue weighted by Gasteiger charge is 2.15. The monoisotopic (exact) mass is 271 g/mol. The van der Waals surface area contributed by atoms with Crippen molar-refractivity contribution in [2.24, 2.45) is 0 Å². The summed E-state index contributed by atoms with van der Waals surface area (Å²) in [6.07, 6.45) is 1.47. The topological polar surface area (TPSA) is 69.1 Å². The van der Waals surface area contributed by atoms with Crippen molar-refractivity contribution in [3.8, 4) is 11.5 Å². The third kappa shape index (κ3) is 1.43. The molecule has 6 nitrogen and oxygen atoms in total. The zero-order chi connectivity index (χ0) is 12.8. The van der Waals surface area contributed by atoms with Gasteiger partial charge in [0.05, 0.1) is 0 Å². The van der Waals surface area contributed by atoms with Gasteiger partial charge in [0.1, 0.15) is 6.26 Å². The van der Waals surface area contributed by atoms with Crippen LogP contribution in [0, 0.1) is 0 Å². The average molecular weight is 272 g/mol. The summed E-state index contributed by atoms with van der Waals surface area (Å²) in [6.45, 7) is 0. The molecule has 0 spiro atoms. The minimum atomic E-state index is 0.396. The van der Waals surface area contributed by atoms with E-state index in [0.717, 1.165) is 10.8 Å². The zero-order valence-corrected chi connectivity index (χ0v) is 10.2. The molecule has 0 saturated carbocycles. The lowest BCUT2D eigenvalue weighted by Gasteiger charge is -2.02. The zero-order valence-electron chi connectivity index (χ0n) is 9.49. The lowest BCUT2D eigenvalue weighted by molar-refractivity contribution is 0.421. The molecule has 0 N–H and O–H groups in total. The Balaban J connectivity index is 2.16. The van der Waals surface area contributed by atoms with Crippen molar-refractivity contribution >= 4 is 28.0 Å². The van der Waals surface area contributed by atoms with E-state index in [9.17, 15) is 0 Å². The van der Waals surface area contributed by atoms with Crippen molar-refractivity contribution in [3.63, 3.8) is 0 Å². The molecule has 4 rings (SSSR count). The van der Waals surface area contributed by atoms with Crippen molar-refractivity contribution in [2.75, 3.05) is 0 Å². The predicted octanol–water partition coefficient (Wildman–Crippen LogP) is 2.59. The number of fused-ring (bicyclic) bond motifs is 3. The van der Waals surface area contributed by atoms with Crippen LogP contribution in [0.15, 0.2) is 41.1 Å². The maximum Gasteiger partial charge on any atom is 0.207 e. The van der Waals surface area contributed by atoms with Crippen LogP contribution in [0.4, 0.5) is 0 Å². The summed E-state index contributed by atoms with van der Waals surface area (Å²) in [5.41, 5.74) is 1.20. The standard InChI is InChI=1S/C12H6ClN5O/c13-10-7-3-1-2-4-8(7)11-14-15-12(18(11)16-10)9-5-6-19-17-9/h1-6H. The van der Waals surface area contributed by atoms with E-state index in [0.29, 0.717) is 22.3 Å². The fourth-order valence-electron chi connectivity index (χ4n) is 2.03. The van der Waals surface area contributed by atoms with Gasteiger partial charge in [0.15, 0.2) is 16.5 Å². The molecule has 92 valence electrons. The fraction of sp³-hybridized carbons (Fsp3) is 0. The molecule has 0 aliphatic heterocycles. The first-order chi connectivity index (χ1) is 9.34. The number of halogens is 1. The summed E-state index contributed by atoms with van der Waals surface area (Å²) in [6, 6.07) is 9.35. The van der Waals surface area contributed by atoms with Crippen LogP contribution in [0.3, 0.4) is 0 Å². The molecule has 1 aromatic carbocycles. The first-order valence-electron chi connectivity index (χ1n) is 5.55. The Hall–Kier alpha value is -2.47. The van der Waals surface area contributed by atoms with Gasteiger partial charge in [-0.15, -0.1) is 10.2 Å². The van der Waals surface area contributed by atoms with Gasteiger partial charge in [-0.05, 0) is 0 Å². The second-order valence-corrected chi connectivity index (χ2v) is 4.34. The van der Waals surface area contributed by atoms with E-state index in [1.54, 1.807) is 10.6 Å². The highest BCUT2D eigenvalue weighted by Crippen LogP contribution is 2.26. The molecule has 0 radical (unpaired) electrons. The van der Waals surface area contributed by atoms with E-state index < -0.39 is 0 Å². The summed E-state index contributed by atoms with van der Waals surface area (Å²) in [5.74, 6) is 0.497. The highest BCUT2D eigenvalue weighted by molar-refractivity contribution is 6.34. The first kappa shape index (κ1) is 10.5. The van der Waals surface area contributed by atoms with E-state index >= 15 is 0 Å². The van der Waals surface area contributed by atoms with Gasteiger partial charge >= 0.3 is 0 Å². The molecule has 0 unspecified atom stereocenters. The molecule has 0 saturated heterocycles. The molecule has 4 aromatic rings. The van der Waals surface area contributed by atoms with Gasteiger partial charge in [0.2, 0.25) is 5.82 Å². The molecule has 7 heteroatoms. The Morgan fingerprint density at radius 1 is 1.05 bits per heavy atom. The molecule has 0 bridgehead atoms. The van der Waals surface area contributed by atoms with Gasteiger partial charge in [-0.25, -0.2) is 0 Å². The summed E-state index contributed by atoms with van der Waals surface area (Å²) < 4.78 is 6.39. The van der Waals surface area contributed by atoms with Gasteiger partial charge < -0.3 is 4.52 Å². The summed E-state index contributed by atoms with van der Waals surface area (Å²) in [7, 11) is 0. The van der Waals surface area contributed by atoms with Crippen LogP contribution in [0.5, 0.6) is 0 Å². The van der Waals surface area contributed by atoms with Crippen molar-refractivity contribution in [1.29, 1.82) is 0 Å². The Labute approximate surface area is 111 Å². The lowest BCUT2D eigenvalue weighted by atomic mass is 10.2. The van der Waals surface area contributed by atoms with E-state index in [1.165, 1.54) is 6.26 Å². The molecule has 0 atom stereocenters. The quantitative estimate of drug-likeness (QED) is 0.532. The van der Waals surface area contributed by atoms with Crippen LogP contribution >= 0.6 is 11.6 Å². The fourth-order valence-corrected chi connectivity index (χ4v) is 2.27. The lowest BCUT2D eigenvalue weighted by Crippen LogP contribution is -1.96. The van der Waals surface area contributed by atoms with Gasteiger partial charge in [0.25, 0.3) is 0 Å². The molecule has 0 fully saturated rings. The van der Waals surface area contributed by atoms with Crippen LogP contribution in [0.2, 0.25) is 5.15 Å². The molecular formula is C12H6ClN5O. The van der Waals surface area contributed by atoms with Crippen molar-refractivity contribution in [1.82, 2.24) is 25.0 Å². The number of benzene rings is 1. The normalized spacial score (nSPS) is 11.4. The molecule has 3 aromatic heterocycles.